The van der Waals surface area contributed by atoms with Crippen molar-refractivity contribution in [2.45, 2.75) is 59.1 Å². The van der Waals surface area contributed by atoms with Gasteiger partial charge in [-0.15, -0.1) is 0 Å². The second kappa shape index (κ2) is 8.71. The Balaban J connectivity index is 1.90. The molecule has 1 aliphatic heterocycles. The van der Waals surface area contributed by atoms with E-state index in [1.165, 1.54) is 19.3 Å². The number of rotatable bonds is 5. The molecule has 31 heavy (non-hydrogen) atoms. The van der Waals surface area contributed by atoms with Crippen molar-refractivity contribution in [2.24, 2.45) is 0 Å². The molecule has 1 fully saturated rings. The first-order chi connectivity index (χ1) is 14.9. The molecule has 164 valence electrons. The standard InChI is InChI=1S/C25H32N4O2/c1-16(2)31-25(30)21-14-22-20(19-8-9-23(26)27-15-19)10-13-29(22)24(17(21)3)18(4)28-11-6-5-7-12-28/h8-10,13-16,18H,5-7,11-12H2,1-4H3,(H2,26,27). The minimum atomic E-state index is -0.273. The zero-order valence-electron chi connectivity index (χ0n) is 18.9. The van der Waals surface area contributed by atoms with Crippen LogP contribution in [0.4, 0.5) is 5.82 Å². The molecular formula is C25H32N4O2. The number of esters is 1. The van der Waals surface area contributed by atoms with Gasteiger partial charge >= 0.3 is 5.97 Å². The van der Waals surface area contributed by atoms with Gasteiger partial charge in [-0.2, -0.15) is 0 Å². The normalized spacial score (nSPS) is 16.0. The summed E-state index contributed by atoms with van der Waals surface area (Å²) in [4.78, 5) is 19.8. The van der Waals surface area contributed by atoms with E-state index < -0.39 is 0 Å². The third-order valence-corrected chi connectivity index (χ3v) is 6.25. The fraction of sp³-hybridized carbons (Fsp3) is 0.440. The Morgan fingerprint density at radius 1 is 1.13 bits per heavy atom. The van der Waals surface area contributed by atoms with Crippen molar-refractivity contribution in [1.82, 2.24) is 14.3 Å². The zero-order valence-corrected chi connectivity index (χ0v) is 18.9. The Kier molecular flexibility index (Phi) is 6.01. The molecule has 1 saturated heterocycles. The Morgan fingerprint density at radius 2 is 1.87 bits per heavy atom. The Morgan fingerprint density at radius 3 is 2.52 bits per heavy atom. The lowest BCUT2D eigenvalue weighted by atomic mass is 9.98. The minimum Gasteiger partial charge on any atom is -0.459 e. The Hall–Kier alpha value is -2.86. The maximum absolute atomic E-state index is 13.0. The third-order valence-electron chi connectivity index (χ3n) is 6.25. The summed E-state index contributed by atoms with van der Waals surface area (Å²) in [5.41, 5.74) is 11.5. The summed E-state index contributed by atoms with van der Waals surface area (Å²) in [6.07, 6.45) is 7.44. The van der Waals surface area contributed by atoms with E-state index in [1.54, 1.807) is 12.3 Å². The number of likely N-dealkylation sites (tertiary alicyclic amines) is 1. The molecule has 4 rings (SSSR count). The number of anilines is 1. The molecule has 0 saturated carbocycles. The molecule has 6 heteroatoms. The van der Waals surface area contributed by atoms with Gasteiger partial charge in [0.15, 0.2) is 0 Å². The summed E-state index contributed by atoms with van der Waals surface area (Å²) in [6, 6.07) is 8.01. The van der Waals surface area contributed by atoms with Gasteiger partial charge in [0.2, 0.25) is 0 Å². The smallest absolute Gasteiger partial charge is 0.338 e. The number of carbonyl (C=O) groups is 1. The summed E-state index contributed by atoms with van der Waals surface area (Å²) < 4.78 is 7.82. The van der Waals surface area contributed by atoms with E-state index in [1.807, 2.05) is 32.9 Å². The second-order valence-corrected chi connectivity index (χ2v) is 8.75. The second-order valence-electron chi connectivity index (χ2n) is 8.75. The first-order valence-corrected chi connectivity index (χ1v) is 11.2. The van der Waals surface area contributed by atoms with Gasteiger partial charge in [0.1, 0.15) is 5.82 Å². The van der Waals surface area contributed by atoms with Crippen molar-refractivity contribution in [3.63, 3.8) is 0 Å². The fourth-order valence-corrected chi connectivity index (χ4v) is 4.66. The van der Waals surface area contributed by atoms with E-state index in [9.17, 15) is 4.79 Å². The number of carbonyl (C=O) groups excluding carboxylic acids is 1. The average molecular weight is 421 g/mol. The molecular weight excluding hydrogens is 388 g/mol. The highest BCUT2D eigenvalue weighted by Crippen LogP contribution is 2.34. The van der Waals surface area contributed by atoms with Crippen LogP contribution >= 0.6 is 0 Å². The lowest BCUT2D eigenvalue weighted by Gasteiger charge is -2.34. The van der Waals surface area contributed by atoms with E-state index in [0.29, 0.717) is 11.4 Å². The van der Waals surface area contributed by atoms with Crippen LogP contribution in [0.2, 0.25) is 0 Å². The first kappa shape index (κ1) is 21.4. The SMILES string of the molecule is Cc1c(C(=O)OC(C)C)cc2c(-c3ccc(N)nc3)ccn2c1C(C)N1CCCCC1. The summed E-state index contributed by atoms with van der Waals surface area (Å²) >= 11 is 0. The van der Waals surface area contributed by atoms with Crippen molar-refractivity contribution >= 4 is 17.3 Å². The van der Waals surface area contributed by atoms with Gasteiger partial charge < -0.3 is 14.9 Å². The highest BCUT2D eigenvalue weighted by Gasteiger charge is 2.26. The van der Waals surface area contributed by atoms with Gasteiger partial charge in [-0.25, -0.2) is 9.78 Å². The minimum absolute atomic E-state index is 0.168. The van der Waals surface area contributed by atoms with Crippen LogP contribution in [0.3, 0.4) is 0 Å². The number of ether oxygens (including phenoxy) is 1. The monoisotopic (exact) mass is 420 g/mol. The third kappa shape index (κ3) is 4.17. The van der Waals surface area contributed by atoms with Crippen LogP contribution in [0, 0.1) is 6.92 Å². The number of pyridine rings is 2. The average Bonchev–Trinajstić information content (AvgIpc) is 3.17. The molecule has 0 aromatic carbocycles. The molecule has 3 aromatic rings. The number of nitrogens with zero attached hydrogens (tertiary/aromatic N) is 3. The van der Waals surface area contributed by atoms with E-state index in [0.717, 1.165) is 41.0 Å². The van der Waals surface area contributed by atoms with Crippen molar-refractivity contribution in [3.8, 4) is 11.1 Å². The number of hydrogen-bond donors (Lipinski definition) is 1. The highest BCUT2D eigenvalue weighted by atomic mass is 16.5. The first-order valence-electron chi connectivity index (χ1n) is 11.2. The summed E-state index contributed by atoms with van der Waals surface area (Å²) in [6.45, 7) is 10.2. The summed E-state index contributed by atoms with van der Waals surface area (Å²) in [5, 5.41) is 0. The van der Waals surface area contributed by atoms with Crippen LogP contribution in [0.1, 0.15) is 67.7 Å². The van der Waals surface area contributed by atoms with Gasteiger partial charge in [0.05, 0.1) is 17.2 Å². The van der Waals surface area contributed by atoms with Crippen LogP contribution in [0.25, 0.3) is 16.6 Å². The molecule has 0 amide bonds. The number of nitrogen functional groups attached to an aromatic ring is 1. The number of nitrogens with two attached hydrogens (primary N) is 1. The molecule has 2 N–H and O–H groups in total. The molecule has 0 bridgehead atoms. The van der Waals surface area contributed by atoms with Gasteiger partial charge in [0, 0.05) is 35.3 Å². The molecule has 6 nitrogen and oxygen atoms in total. The van der Waals surface area contributed by atoms with E-state index >= 15 is 0 Å². The van der Waals surface area contributed by atoms with Gasteiger partial charge in [-0.3, -0.25) is 4.90 Å². The molecule has 0 aliphatic carbocycles. The lowest BCUT2D eigenvalue weighted by molar-refractivity contribution is 0.0376. The molecule has 0 spiro atoms. The fourth-order valence-electron chi connectivity index (χ4n) is 4.66. The van der Waals surface area contributed by atoms with E-state index in [4.69, 9.17) is 10.5 Å². The maximum atomic E-state index is 13.0. The summed E-state index contributed by atoms with van der Waals surface area (Å²) in [7, 11) is 0. The topological polar surface area (TPSA) is 72.9 Å². The van der Waals surface area contributed by atoms with E-state index in [-0.39, 0.29) is 18.1 Å². The molecule has 3 aromatic heterocycles. The number of fused-ring (bicyclic) bond motifs is 1. The van der Waals surface area contributed by atoms with Crippen molar-refractivity contribution in [2.75, 3.05) is 18.8 Å². The van der Waals surface area contributed by atoms with Gasteiger partial charge in [-0.05, 0) is 83.5 Å². The van der Waals surface area contributed by atoms with Crippen molar-refractivity contribution in [3.05, 3.63) is 53.5 Å². The van der Waals surface area contributed by atoms with Crippen molar-refractivity contribution < 1.29 is 9.53 Å². The summed E-state index contributed by atoms with van der Waals surface area (Å²) in [5.74, 6) is 0.216. The lowest BCUT2D eigenvalue weighted by Crippen LogP contribution is -2.34. The quantitative estimate of drug-likeness (QED) is 0.588. The van der Waals surface area contributed by atoms with Crippen LogP contribution < -0.4 is 5.73 Å². The number of aromatic nitrogens is 2. The van der Waals surface area contributed by atoms with Crippen molar-refractivity contribution in [1.29, 1.82) is 0 Å². The van der Waals surface area contributed by atoms with Gasteiger partial charge in [-0.1, -0.05) is 6.42 Å². The molecule has 1 aliphatic rings. The predicted octanol–water partition coefficient (Wildman–Crippen LogP) is 5.00. The maximum Gasteiger partial charge on any atom is 0.338 e. The Labute approximate surface area is 184 Å². The molecule has 0 radical (unpaired) electrons. The Bertz CT molecular complexity index is 1080. The molecule has 1 unspecified atom stereocenters. The zero-order chi connectivity index (χ0) is 22.1. The van der Waals surface area contributed by atoms with Crippen LogP contribution in [0.15, 0.2) is 36.7 Å². The van der Waals surface area contributed by atoms with Gasteiger partial charge in [0.25, 0.3) is 0 Å². The largest absolute Gasteiger partial charge is 0.459 e. The highest BCUT2D eigenvalue weighted by molar-refractivity contribution is 5.95. The predicted molar refractivity (Wildman–Crippen MR) is 124 cm³/mol. The number of piperidine rings is 1. The molecule has 4 heterocycles. The van der Waals surface area contributed by atoms with Crippen LogP contribution in [-0.4, -0.2) is 39.4 Å². The number of hydrogen-bond acceptors (Lipinski definition) is 5. The van der Waals surface area contributed by atoms with Crippen LogP contribution in [-0.2, 0) is 4.74 Å². The van der Waals surface area contributed by atoms with Crippen LogP contribution in [0.5, 0.6) is 0 Å². The van der Waals surface area contributed by atoms with E-state index in [2.05, 4.69) is 33.5 Å². The molecule has 1 atom stereocenters.